The van der Waals surface area contributed by atoms with Gasteiger partial charge in [0.2, 0.25) is 6.08 Å². The van der Waals surface area contributed by atoms with E-state index in [1.54, 1.807) is 0 Å². The number of rotatable bonds is 2. The van der Waals surface area contributed by atoms with Crippen LogP contribution in [-0.4, -0.2) is 17.2 Å². The Morgan fingerprint density at radius 2 is 2.23 bits per heavy atom. The molecular weight excluding hydrogens is 194 g/mol. The molecule has 0 saturated heterocycles. The largest absolute Gasteiger partial charge is 0.478 e. The summed E-state index contributed by atoms with van der Waals surface area (Å²) in [7, 11) is 0. The molecule has 1 aromatic carbocycles. The minimum atomic E-state index is -1.10. The first-order valence-corrected chi connectivity index (χ1v) is 3.63. The van der Waals surface area contributed by atoms with Crippen molar-refractivity contribution in [2.75, 3.05) is 0 Å². The smallest absolute Gasteiger partial charge is 0.335 e. The predicted octanol–water partition coefficient (Wildman–Crippen LogP) is 2.01. The van der Waals surface area contributed by atoms with Crippen LogP contribution in [0.3, 0.4) is 0 Å². The molecule has 0 aliphatic rings. The highest BCUT2D eigenvalue weighted by Crippen LogP contribution is 2.25. The number of aromatic carboxylic acids is 1. The average molecular weight is 198 g/mol. The number of carboxylic acid groups (broad SMARTS) is 1. The lowest BCUT2D eigenvalue weighted by molar-refractivity contribution is 0.0697. The Balaban J connectivity index is 3.26. The van der Waals surface area contributed by atoms with Gasteiger partial charge in [-0.25, -0.2) is 9.59 Å². The lowest BCUT2D eigenvalue weighted by Crippen LogP contribution is -1.94. The molecule has 0 aliphatic carbocycles. The van der Waals surface area contributed by atoms with E-state index in [1.165, 1.54) is 24.3 Å². The summed E-state index contributed by atoms with van der Waals surface area (Å²) in [6, 6.07) is 3.89. The molecule has 66 valence electrons. The van der Waals surface area contributed by atoms with Gasteiger partial charge in [-0.1, -0.05) is 11.6 Å². The highest BCUT2D eigenvalue weighted by atomic mass is 35.5. The molecule has 1 rings (SSSR count). The molecule has 0 unspecified atom stereocenters. The number of benzene rings is 1. The molecule has 0 heterocycles. The molecule has 0 spiro atoms. The lowest BCUT2D eigenvalue weighted by atomic mass is 10.2. The molecule has 0 radical (unpaired) electrons. The van der Waals surface area contributed by atoms with Gasteiger partial charge < -0.3 is 5.11 Å². The fraction of sp³-hybridized carbons (Fsp3) is 0. The van der Waals surface area contributed by atoms with Crippen molar-refractivity contribution in [3.05, 3.63) is 28.8 Å². The Bertz CT molecular complexity index is 396. The summed E-state index contributed by atoms with van der Waals surface area (Å²) in [4.78, 5) is 23.6. The second-order valence-corrected chi connectivity index (χ2v) is 2.58. The quantitative estimate of drug-likeness (QED) is 0.583. The summed E-state index contributed by atoms with van der Waals surface area (Å²) in [5.74, 6) is -1.10. The van der Waals surface area contributed by atoms with Crippen LogP contribution in [0.5, 0.6) is 0 Å². The minimum Gasteiger partial charge on any atom is -0.478 e. The summed E-state index contributed by atoms with van der Waals surface area (Å²) in [5.41, 5.74) is 0.134. The zero-order valence-electron chi connectivity index (χ0n) is 6.32. The number of aliphatic imine (C=N–C) groups is 1. The lowest BCUT2D eigenvalue weighted by Gasteiger charge is -1.97. The van der Waals surface area contributed by atoms with Gasteiger partial charge in [0, 0.05) is 0 Å². The van der Waals surface area contributed by atoms with E-state index < -0.39 is 5.97 Å². The summed E-state index contributed by atoms with van der Waals surface area (Å²) in [6.45, 7) is 0. The Morgan fingerprint density at radius 3 is 2.77 bits per heavy atom. The molecule has 0 amide bonds. The number of carbonyl (C=O) groups is 1. The molecular formula is C8H4ClNO3. The summed E-state index contributed by atoms with van der Waals surface area (Å²) in [6.07, 6.45) is 1.29. The van der Waals surface area contributed by atoms with Gasteiger partial charge in [0.25, 0.3) is 0 Å². The zero-order chi connectivity index (χ0) is 9.84. The Kier molecular flexibility index (Phi) is 2.80. The van der Waals surface area contributed by atoms with Gasteiger partial charge >= 0.3 is 5.97 Å². The normalized spacial score (nSPS) is 9.00. The van der Waals surface area contributed by atoms with E-state index in [1.807, 2.05) is 0 Å². The summed E-state index contributed by atoms with van der Waals surface area (Å²) in [5, 5.41) is 8.80. The molecule has 0 atom stereocenters. The van der Waals surface area contributed by atoms with Crippen LogP contribution in [0.15, 0.2) is 23.2 Å². The molecule has 0 aliphatic heterocycles. The average Bonchev–Trinajstić information content (AvgIpc) is 2.08. The molecule has 0 fully saturated rings. The van der Waals surface area contributed by atoms with E-state index in [-0.39, 0.29) is 16.3 Å². The number of nitrogens with zero attached hydrogens (tertiary/aromatic N) is 1. The monoisotopic (exact) mass is 197 g/mol. The van der Waals surface area contributed by atoms with E-state index in [2.05, 4.69) is 4.99 Å². The van der Waals surface area contributed by atoms with Gasteiger partial charge in [-0.2, -0.15) is 4.99 Å². The first-order valence-electron chi connectivity index (χ1n) is 3.26. The molecule has 0 saturated carbocycles. The highest BCUT2D eigenvalue weighted by molar-refractivity contribution is 6.33. The number of isocyanates is 1. The van der Waals surface area contributed by atoms with Crippen LogP contribution < -0.4 is 0 Å². The van der Waals surface area contributed by atoms with Gasteiger partial charge in [-0.05, 0) is 18.2 Å². The first-order chi connectivity index (χ1) is 6.15. The number of carbonyl (C=O) groups excluding carboxylic acids is 1. The van der Waals surface area contributed by atoms with E-state index >= 15 is 0 Å². The van der Waals surface area contributed by atoms with Gasteiger partial charge in [-0.15, -0.1) is 0 Å². The molecule has 4 nitrogen and oxygen atoms in total. The van der Waals surface area contributed by atoms with Crippen molar-refractivity contribution < 1.29 is 14.7 Å². The maximum Gasteiger partial charge on any atom is 0.335 e. The van der Waals surface area contributed by atoms with Crippen LogP contribution in [0, 0.1) is 0 Å². The first kappa shape index (κ1) is 9.45. The third kappa shape index (κ3) is 2.15. The van der Waals surface area contributed by atoms with Crippen molar-refractivity contribution in [1.29, 1.82) is 0 Å². The highest BCUT2D eigenvalue weighted by Gasteiger charge is 2.05. The summed E-state index contributed by atoms with van der Waals surface area (Å²) < 4.78 is 0. The van der Waals surface area contributed by atoms with Crippen LogP contribution in [-0.2, 0) is 4.79 Å². The molecule has 1 N–H and O–H groups in total. The van der Waals surface area contributed by atoms with Gasteiger partial charge in [-0.3, -0.25) is 0 Å². The Labute approximate surface area is 78.5 Å². The van der Waals surface area contributed by atoms with Crippen molar-refractivity contribution in [1.82, 2.24) is 0 Å². The van der Waals surface area contributed by atoms with Crippen LogP contribution in [0.4, 0.5) is 5.69 Å². The van der Waals surface area contributed by atoms with Gasteiger partial charge in [0.1, 0.15) is 0 Å². The summed E-state index contributed by atoms with van der Waals surface area (Å²) >= 11 is 5.61. The van der Waals surface area contributed by atoms with Crippen molar-refractivity contribution in [3.63, 3.8) is 0 Å². The van der Waals surface area contributed by atoms with E-state index in [0.717, 1.165) is 0 Å². The molecule has 5 heteroatoms. The van der Waals surface area contributed by atoms with Gasteiger partial charge in [0.05, 0.1) is 16.3 Å². The van der Waals surface area contributed by atoms with E-state index in [4.69, 9.17) is 16.7 Å². The standard InChI is InChI=1S/C8H4ClNO3/c9-6-2-1-5(8(12)13)3-7(6)10-4-11/h1-3H,(H,12,13). The maximum atomic E-state index is 10.5. The van der Waals surface area contributed by atoms with Crippen LogP contribution in [0.25, 0.3) is 0 Å². The third-order valence-corrected chi connectivity index (χ3v) is 1.68. The third-order valence-electron chi connectivity index (χ3n) is 1.36. The predicted molar refractivity (Wildman–Crippen MR) is 46.2 cm³/mol. The second-order valence-electron chi connectivity index (χ2n) is 2.17. The maximum absolute atomic E-state index is 10.5. The van der Waals surface area contributed by atoms with Crippen molar-refractivity contribution in [3.8, 4) is 0 Å². The Hall–Kier alpha value is -1.64. The number of hydrogen-bond acceptors (Lipinski definition) is 3. The van der Waals surface area contributed by atoms with Gasteiger partial charge in [0.15, 0.2) is 0 Å². The van der Waals surface area contributed by atoms with Crippen LogP contribution in [0.1, 0.15) is 10.4 Å². The topological polar surface area (TPSA) is 66.7 Å². The Morgan fingerprint density at radius 1 is 1.54 bits per heavy atom. The molecule has 1 aromatic rings. The number of carboxylic acids is 1. The minimum absolute atomic E-state index is 0.0263. The fourth-order valence-electron chi connectivity index (χ4n) is 0.781. The van der Waals surface area contributed by atoms with Crippen molar-refractivity contribution in [2.24, 2.45) is 4.99 Å². The molecule has 0 aromatic heterocycles. The van der Waals surface area contributed by atoms with Crippen LogP contribution in [0.2, 0.25) is 5.02 Å². The second kappa shape index (κ2) is 3.85. The van der Waals surface area contributed by atoms with E-state index in [9.17, 15) is 9.59 Å². The molecule has 13 heavy (non-hydrogen) atoms. The zero-order valence-corrected chi connectivity index (χ0v) is 7.08. The van der Waals surface area contributed by atoms with Crippen molar-refractivity contribution in [2.45, 2.75) is 0 Å². The number of halogens is 1. The van der Waals surface area contributed by atoms with E-state index in [0.29, 0.717) is 0 Å². The fourth-order valence-corrected chi connectivity index (χ4v) is 0.940. The molecule has 0 bridgehead atoms. The SMILES string of the molecule is O=C=Nc1cc(C(=O)O)ccc1Cl. The van der Waals surface area contributed by atoms with Crippen LogP contribution >= 0.6 is 11.6 Å². The number of hydrogen-bond donors (Lipinski definition) is 1. The van der Waals surface area contributed by atoms with Crippen molar-refractivity contribution >= 4 is 29.3 Å².